The molecular weight excluding hydrogens is 224 g/mol. The molecule has 0 amide bonds. The van der Waals surface area contributed by atoms with Gasteiger partial charge in [-0.2, -0.15) is 0 Å². The molecule has 1 aromatic carbocycles. The lowest BCUT2D eigenvalue weighted by Gasteiger charge is -2.36. The number of hydrogen-bond acceptors (Lipinski definition) is 3. The first-order chi connectivity index (χ1) is 8.56. The van der Waals surface area contributed by atoms with E-state index in [2.05, 4.69) is 18.8 Å². The molecular formula is C15H20N2O. The molecule has 1 fully saturated rings. The van der Waals surface area contributed by atoms with Gasteiger partial charge >= 0.3 is 0 Å². The van der Waals surface area contributed by atoms with Gasteiger partial charge in [-0.3, -0.25) is 0 Å². The second kappa shape index (κ2) is 4.01. The quantitative estimate of drug-likeness (QED) is 0.768. The smallest absolute Gasteiger partial charge is 0.199 e. The summed E-state index contributed by atoms with van der Waals surface area (Å²) in [6.07, 6.45) is 5.01. The molecule has 96 valence electrons. The van der Waals surface area contributed by atoms with Crippen molar-refractivity contribution in [3.8, 4) is 0 Å². The van der Waals surface area contributed by atoms with Crippen LogP contribution in [0.25, 0.3) is 11.1 Å². The fraction of sp³-hybridized carbons (Fsp3) is 0.533. The summed E-state index contributed by atoms with van der Waals surface area (Å²) >= 11 is 0. The highest BCUT2D eigenvalue weighted by Gasteiger charge is 2.36. The van der Waals surface area contributed by atoms with Crippen LogP contribution >= 0.6 is 0 Å². The monoisotopic (exact) mass is 244 g/mol. The van der Waals surface area contributed by atoms with Crippen LogP contribution in [0.2, 0.25) is 0 Å². The minimum atomic E-state index is 0.282. The molecule has 2 aromatic rings. The average molecular weight is 244 g/mol. The second-order valence-electron chi connectivity index (χ2n) is 6.07. The van der Waals surface area contributed by atoms with Gasteiger partial charge in [0.2, 0.25) is 0 Å². The molecule has 1 heterocycles. The van der Waals surface area contributed by atoms with E-state index >= 15 is 0 Å². The van der Waals surface area contributed by atoms with Crippen LogP contribution in [0.3, 0.4) is 0 Å². The fourth-order valence-electron chi connectivity index (χ4n) is 3.06. The van der Waals surface area contributed by atoms with Gasteiger partial charge < -0.3 is 10.2 Å². The molecule has 0 spiro atoms. The molecule has 1 aliphatic carbocycles. The lowest BCUT2D eigenvalue weighted by Crippen LogP contribution is -2.26. The number of nitrogens with two attached hydrogens (primary N) is 1. The standard InChI is InChI=1S/C15H20N2O/c1-15(2)8-4-3-5-11(15)14-17-12-7-6-10(16)9-13(12)18-14/h6-7,9,11H,3-5,8,16H2,1-2H3. The molecule has 1 aliphatic rings. The summed E-state index contributed by atoms with van der Waals surface area (Å²) in [5.74, 6) is 1.32. The second-order valence-corrected chi connectivity index (χ2v) is 6.07. The Labute approximate surface area is 107 Å². The number of aromatic nitrogens is 1. The zero-order valence-electron chi connectivity index (χ0n) is 11.1. The van der Waals surface area contributed by atoms with E-state index in [0.29, 0.717) is 5.92 Å². The Kier molecular flexibility index (Phi) is 2.58. The predicted molar refractivity (Wildman–Crippen MR) is 73.4 cm³/mol. The predicted octanol–water partition coefficient (Wildman–Crippen LogP) is 4.09. The molecule has 1 atom stereocenters. The average Bonchev–Trinajstić information content (AvgIpc) is 2.70. The molecule has 1 saturated carbocycles. The van der Waals surface area contributed by atoms with Gasteiger partial charge in [0.1, 0.15) is 5.52 Å². The van der Waals surface area contributed by atoms with Crippen LogP contribution in [-0.2, 0) is 0 Å². The molecule has 3 heteroatoms. The van der Waals surface area contributed by atoms with Crippen LogP contribution in [0, 0.1) is 5.41 Å². The van der Waals surface area contributed by atoms with Gasteiger partial charge in [-0.25, -0.2) is 4.98 Å². The highest BCUT2D eigenvalue weighted by atomic mass is 16.3. The normalized spacial score (nSPS) is 23.3. The van der Waals surface area contributed by atoms with Crippen molar-refractivity contribution in [3.63, 3.8) is 0 Å². The van der Waals surface area contributed by atoms with E-state index in [4.69, 9.17) is 10.2 Å². The number of hydrogen-bond donors (Lipinski definition) is 1. The van der Waals surface area contributed by atoms with E-state index in [1.165, 1.54) is 25.7 Å². The maximum Gasteiger partial charge on any atom is 0.199 e. The lowest BCUT2D eigenvalue weighted by atomic mass is 9.69. The minimum Gasteiger partial charge on any atom is -0.440 e. The van der Waals surface area contributed by atoms with Crippen molar-refractivity contribution >= 4 is 16.8 Å². The number of anilines is 1. The number of oxazole rings is 1. The van der Waals surface area contributed by atoms with Crippen LogP contribution in [0.1, 0.15) is 51.3 Å². The number of rotatable bonds is 1. The Balaban J connectivity index is 2.03. The maximum atomic E-state index is 5.93. The SMILES string of the molecule is CC1(C)CCCCC1c1nc2ccc(N)cc2o1. The third-order valence-corrected chi connectivity index (χ3v) is 4.23. The van der Waals surface area contributed by atoms with Crippen molar-refractivity contribution in [2.24, 2.45) is 5.41 Å². The van der Waals surface area contributed by atoms with Crippen molar-refractivity contribution in [1.29, 1.82) is 0 Å². The third kappa shape index (κ3) is 1.88. The molecule has 2 N–H and O–H groups in total. The van der Waals surface area contributed by atoms with Crippen LogP contribution in [0.4, 0.5) is 5.69 Å². The molecule has 0 bridgehead atoms. The zero-order valence-corrected chi connectivity index (χ0v) is 11.1. The van der Waals surface area contributed by atoms with E-state index in [0.717, 1.165) is 22.7 Å². The highest BCUT2D eigenvalue weighted by Crippen LogP contribution is 2.46. The Bertz CT molecular complexity index is 571. The molecule has 3 nitrogen and oxygen atoms in total. The van der Waals surface area contributed by atoms with Crippen molar-refractivity contribution < 1.29 is 4.42 Å². The Hall–Kier alpha value is -1.51. The highest BCUT2D eigenvalue weighted by molar-refractivity contribution is 5.76. The van der Waals surface area contributed by atoms with Gasteiger partial charge in [0.15, 0.2) is 11.5 Å². The minimum absolute atomic E-state index is 0.282. The van der Waals surface area contributed by atoms with Crippen LogP contribution in [-0.4, -0.2) is 4.98 Å². The summed E-state index contributed by atoms with van der Waals surface area (Å²) in [6.45, 7) is 4.64. The molecule has 1 aromatic heterocycles. The molecule has 0 radical (unpaired) electrons. The van der Waals surface area contributed by atoms with E-state index < -0.39 is 0 Å². The third-order valence-electron chi connectivity index (χ3n) is 4.23. The van der Waals surface area contributed by atoms with Crippen molar-refractivity contribution in [2.75, 3.05) is 5.73 Å². The summed E-state index contributed by atoms with van der Waals surface area (Å²) in [7, 11) is 0. The fourth-order valence-corrected chi connectivity index (χ4v) is 3.06. The molecule has 3 rings (SSSR count). The summed E-state index contributed by atoms with van der Waals surface area (Å²) in [4.78, 5) is 4.65. The van der Waals surface area contributed by atoms with Crippen LogP contribution < -0.4 is 5.73 Å². The topological polar surface area (TPSA) is 52.0 Å². The molecule has 0 aliphatic heterocycles. The van der Waals surface area contributed by atoms with Crippen LogP contribution in [0.5, 0.6) is 0 Å². The molecule has 1 unspecified atom stereocenters. The van der Waals surface area contributed by atoms with Crippen molar-refractivity contribution in [3.05, 3.63) is 24.1 Å². The number of nitrogen functional groups attached to an aromatic ring is 1. The van der Waals surface area contributed by atoms with Crippen LogP contribution in [0.15, 0.2) is 22.6 Å². The Morgan fingerprint density at radius 2 is 2.17 bits per heavy atom. The van der Waals surface area contributed by atoms with E-state index in [9.17, 15) is 0 Å². The van der Waals surface area contributed by atoms with Gasteiger partial charge in [0.05, 0.1) is 0 Å². The van der Waals surface area contributed by atoms with Gasteiger partial charge in [0.25, 0.3) is 0 Å². The van der Waals surface area contributed by atoms with Gasteiger partial charge in [-0.15, -0.1) is 0 Å². The summed E-state index contributed by atoms with van der Waals surface area (Å²) < 4.78 is 5.93. The Morgan fingerprint density at radius 3 is 2.94 bits per heavy atom. The Morgan fingerprint density at radius 1 is 1.33 bits per heavy atom. The van der Waals surface area contributed by atoms with Gasteiger partial charge in [-0.05, 0) is 30.4 Å². The largest absolute Gasteiger partial charge is 0.440 e. The molecule has 18 heavy (non-hydrogen) atoms. The van der Waals surface area contributed by atoms with Gasteiger partial charge in [-0.1, -0.05) is 26.7 Å². The summed E-state index contributed by atoms with van der Waals surface area (Å²) in [6, 6.07) is 5.68. The maximum absolute atomic E-state index is 5.93. The van der Waals surface area contributed by atoms with E-state index in [-0.39, 0.29) is 5.41 Å². The lowest BCUT2D eigenvalue weighted by molar-refractivity contribution is 0.175. The summed E-state index contributed by atoms with van der Waals surface area (Å²) in [5, 5.41) is 0. The number of benzene rings is 1. The first-order valence-electron chi connectivity index (χ1n) is 6.72. The van der Waals surface area contributed by atoms with Crippen molar-refractivity contribution in [1.82, 2.24) is 4.98 Å². The molecule has 0 saturated heterocycles. The van der Waals surface area contributed by atoms with E-state index in [1.807, 2.05) is 18.2 Å². The number of fused-ring (bicyclic) bond motifs is 1. The summed E-state index contributed by atoms with van der Waals surface area (Å²) in [5.41, 5.74) is 8.52. The van der Waals surface area contributed by atoms with Gasteiger partial charge in [0, 0.05) is 17.7 Å². The first-order valence-corrected chi connectivity index (χ1v) is 6.72. The van der Waals surface area contributed by atoms with Crippen molar-refractivity contribution in [2.45, 2.75) is 45.4 Å². The zero-order chi connectivity index (χ0) is 12.8. The first kappa shape index (κ1) is 11.6. The number of nitrogens with zero attached hydrogens (tertiary/aromatic N) is 1. The van der Waals surface area contributed by atoms with E-state index in [1.54, 1.807) is 0 Å².